The van der Waals surface area contributed by atoms with Crippen LogP contribution in [0.25, 0.3) is 27.6 Å². The smallest absolute Gasteiger partial charge is 0.137 e. The summed E-state index contributed by atoms with van der Waals surface area (Å²) in [4.78, 5) is 9.41. The standard InChI is InChI=1S/C39H40N4O/c1-38(2,3)26-15-18-34-36(22-26)41(7)25-42(34)28-20-27(39(4,5)6)21-30(23-28)44-29-16-17-32-31-12-8-9-13-33(31)43(35(32)24-29)37-14-10-11-19-40-37/h8-24H,25H2,1-7H3. The van der Waals surface area contributed by atoms with E-state index in [1.54, 1.807) is 0 Å². The van der Waals surface area contributed by atoms with E-state index in [0.717, 1.165) is 40.7 Å². The average molecular weight is 581 g/mol. The molecule has 0 aliphatic carbocycles. The SMILES string of the molecule is CN1CN(c2cc(Oc3ccc4c5ccccc5n(-c5ccccn5)c4c3)cc(C(C)(C)C)c2)c2ccc(C(C)(C)C)cc21. The fourth-order valence-corrected chi connectivity index (χ4v) is 6.22. The monoisotopic (exact) mass is 580 g/mol. The maximum atomic E-state index is 6.71. The molecule has 5 heteroatoms. The summed E-state index contributed by atoms with van der Waals surface area (Å²) < 4.78 is 8.93. The van der Waals surface area contributed by atoms with E-state index in [1.807, 2.05) is 24.4 Å². The van der Waals surface area contributed by atoms with Crippen molar-refractivity contribution in [3.05, 3.63) is 114 Å². The molecule has 2 aromatic heterocycles. The lowest BCUT2D eigenvalue weighted by Gasteiger charge is -2.26. The van der Waals surface area contributed by atoms with Gasteiger partial charge in [0.15, 0.2) is 0 Å². The molecule has 4 aromatic carbocycles. The maximum absolute atomic E-state index is 6.71. The van der Waals surface area contributed by atoms with Crippen LogP contribution in [0.3, 0.4) is 0 Å². The van der Waals surface area contributed by atoms with Gasteiger partial charge < -0.3 is 14.5 Å². The van der Waals surface area contributed by atoms with Crippen LogP contribution in [-0.2, 0) is 10.8 Å². The second-order valence-electron chi connectivity index (χ2n) is 14.0. The third kappa shape index (κ3) is 4.86. The molecule has 6 aromatic rings. The van der Waals surface area contributed by atoms with Gasteiger partial charge in [0, 0.05) is 41.8 Å². The molecule has 1 aliphatic rings. The Morgan fingerprint density at radius 2 is 1.39 bits per heavy atom. The first-order valence-electron chi connectivity index (χ1n) is 15.4. The normalized spacial score (nSPS) is 13.6. The average Bonchev–Trinajstić information content (AvgIpc) is 3.50. The van der Waals surface area contributed by atoms with E-state index in [-0.39, 0.29) is 10.8 Å². The Bertz CT molecular complexity index is 2010. The Balaban J connectivity index is 1.32. The zero-order chi connectivity index (χ0) is 30.8. The van der Waals surface area contributed by atoms with Gasteiger partial charge in [-0.05, 0) is 76.6 Å². The molecule has 5 nitrogen and oxygen atoms in total. The van der Waals surface area contributed by atoms with Crippen LogP contribution in [0.4, 0.5) is 17.1 Å². The topological polar surface area (TPSA) is 33.5 Å². The van der Waals surface area contributed by atoms with Gasteiger partial charge in [-0.15, -0.1) is 0 Å². The first-order chi connectivity index (χ1) is 21.0. The van der Waals surface area contributed by atoms with Crippen molar-refractivity contribution in [3.8, 4) is 17.3 Å². The first kappa shape index (κ1) is 28.0. The largest absolute Gasteiger partial charge is 0.457 e. The Morgan fingerprint density at radius 1 is 0.636 bits per heavy atom. The molecule has 0 N–H and O–H groups in total. The zero-order valence-corrected chi connectivity index (χ0v) is 26.7. The number of hydrogen-bond donors (Lipinski definition) is 0. The summed E-state index contributed by atoms with van der Waals surface area (Å²) in [6.07, 6.45) is 1.84. The number of benzene rings is 4. The number of anilines is 3. The first-order valence-corrected chi connectivity index (χ1v) is 15.4. The molecule has 0 spiro atoms. The lowest BCUT2D eigenvalue weighted by molar-refractivity contribution is 0.479. The van der Waals surface area contributed by atoms with Crippen molar-refractivity contribution < 1.29 is 4.74 Å². The minimum absolute atomic E-state index is 0.0476. The Kier molecular flexibility index (Phi) is 6.47. The highest BCUT2D eigenvalue weighted by Crippen LogP contribution is 2.44. The van der Waals surface area contributed by atoms with Gasteiger partial charge in [-0.1, -0.05) is 71.9 Å². The highest BCUT2D eigenvalue weighted by atomic mass is 16.5. The van der Waals surface area contributed by atoms with Crippen molar-refractivity contribution in [2.45, 2.75) is 52.4 Å². The van der Waals surface area contributed by atoms with Gasteiger partial charge in [-0.3, -0.25) is 4.57 Å². The van der Waals surface area contributed by atoms with Gasteiger partial charge in [0.05, 0.1) is 29.1 Å². The molecular weight excluding hydrogens is 540 g/mol. The van der Waals surface area contributed by atoms with Crippen LogP contribution in [0.5, 0.6) is 11.5 Å². The number of nitrogens with zero attached hydrogens (tertiary/aromatic N) is 4. The maximum Gasteiger partial charge on any atom is 0.137 e. The second-order valence-corrected chi connectivity index (χ2v) is 14.0. The van der Waals surface area contributed by atoms with Crippen LogP contribution >= 0.6 is 0 Å². The molecule has 7 rings (SSSR count). The molecule has 3 heterocycles. The van der Waals surface area contributed by atoms with Crippen LogP contribution in [0.1, 0.15) is 52.7 Å². The lowest BCUT2D eigenvalue weighted by Crippen LogP contribution is -2.24. The highest BCUT2D eigenvalue weighted by molar-refractivity contribution is 6.09. The number of fused-ring (bicyclic) bond motifs is 4. The third-order valence-electron chi connectivity index (χ3n) is 8.73. The number of aromatic nitrogens is 2. The van der Waals surface area contributed by atoms with Crippen molar-refractivity contribution in [1.29, 1.82) is 0 Å². The quantitative estimate of drug-likeness (QED) is 0.208. The molecule has 1 aliphatic heterocycles. The number of pyridine rings is 1. The summed E-state index contributed by atoms with van der Waals surface area (Å²) in [7, 11) is 2.17. The van der Waals surface area contributed by atoms with Gasteiger partial charge in [0.2, 0.25) is 0 Å². The molecular formula is C39H40N4O. The van der Waals surface area contributed by atoms with Crippen molar-refractivity contribution in [2.75, 3.05) is 23.5 Å². The molecule has 222 valence electrons. The molecule has 0 bridgehead atoms. The number of ether oxygens (including phenoxy) is 1. The predicted molar refractivity (Wildman–Crippen MR) is 184 cm³/mol. The molecule has 0 amide bonds. The Morgan fingerprint density at radius 3 is 2.14 bits per heavy atom. The third-order valence-corrected chi connectivity index (χ3v) is 8.73. The predicted octanol–water partition coefficient (Wildman–Crippen LogP) is 10.1. The van der Waals surface area contributed by atoms with Crippen molar-refractivity contribution in [1.82, 2.24) is 9.55 Å². The summed E-state index contributed by atoms with van der Waals surface area (Å²) in [5.41, 5.74) is 8.43. The van der Waals surface area contributed by atoms with Gasteiger partial charge in [-0.25, -0.2) is 4.98 Å². The van der Waals surface area contributed by atoms with Crippen molar-refractivity contribution in [2.24, 2.45) is 0 Å². The molecule has 0 radical (unpaired) electrons. The fraction of sp³-hybridized carbons (Fsp3) is 0.256. The van der Waals surface area contributed by atoms with Gasteiger partial charge in [0.1, 0.15) is 17.3 Å². The van der Waals surface area contributed by atoms with E-state index in [2.05, 4.69) is 147 Å². The summed E-state index contributed by atoms with van der Waals surface area (Å²) in [5.74, 6) is 2.51. The summed E-state index contributed by atoms with van der Waals surface area (Å²) in [6, 6.07) is 34.5. The van der Waals surface area contributed by atoms with E-state index in [9.17, 15) is 0 Å². The van der Waals surface area contributed by atoms with Gasteiger partial charge >= 0.3 is 0 Å². The van der Waals surface area contributed by atoms with E-state index < -0.39 is 0 Å². The van der Waals surface area contributed by atoms with Crippen molar-refractivity contribution >= 4 is 38.9 Å². The van der Waals surface area contributed by atoms with Crippen LogP contribution in [0.15, 0.2) is 103 Å². The second kappa shape index (κ2) is 10.2. The van der Waals surface area contributed by atoms with Crippen LogP contribution < -0.4 is 14.5 Å². The summed E-state index contributed by atoms with van der Waals surface area (Å²) >= 11 is 0. The van der Waals surface area contributed by atoms with Gasteiger partial charge in [-0.2, -0.15) is 0 Å². The zero-order valence-electron chi connectivity index (χ0n) is 26.7. The lowest BCUT2D eigenvalue weighted by atomic mass is 9.86. The minimum atomic E-state index is -0.0476. The number of rotatable bonds is 4. The highest BCUT2D eigenvalue weighted by Gasteiger charge is 2.28. The van der Waals surface area contributed by atoms with E-state index >= 15 is 0 Å². The molecule has 0 atom stereocenters. The molecule has 44 heavy (non-hydrogen) atoms. The van der Waals surface area contributed by atoms with Crippen LogP contribution in [0.2, 0.25) is 0 Å². The molecule has 0 saturated heterocycles. The van der Waals surface area contributed by atoms with Crippen LogP contribution in [-0.4, -0.2) is 23.3 Å². The van der Waals surface area contributed by atoms with E-state index in [0.29, 0.717) is 0 Å². The molecule has 0 fully saturated rings. The Labute approximate surface area is 260 Å². The Hall–Kier alpha value is -4.77. The minimum Gasteiger partial charge on any atom is -0.457 e. The van der Waals surface area contributed by atoms with Crippen molar-refractivity contribution in [3.63, 3.8) is 0 Å². The summed E-state index contributed by atoms with van der Waals surface area (Å²) in [5, 5.41) is 2.37. The van der Waals surface area contributed by atoms with Crippen LogP contribution in [0, 0.1) is 0 Å². The summed E-state index contributed by atoms with van der Waals surface area (Å²) in [6.45, 7) is 14.4. The van der Waals surface area contributed by atoms with E-state index in [4.69, 9.17) is 4.74 Å². The van der Waals surface area contributed by atoms with E-state index in [1.165, 1.54) is 33.3 Å². The molecule has 0 unspecified atom stereocenters. The van der Waals surface area contributed by atoms with Gasteiger partial charge in [0.25, 0.3) is 0 Å². The molecule has 0 saturated carbocycles. The number of para-hydroxylation sites is 1. The number of hydrogen-bond acceptors (Lipinski definition) is 4. The fourth-order valence-electron chi connectivity index (χ4n) is 6.22.